The number of hydrogen-bond acceptors (Lipinski definition) is 3. The van der Waals surface area contributed by atoms with Gasteiger partial charge in [0.2, 0.25) is 0 Å². The lowest BCUT2D eigenvalue weighted by Gasteiger charge is -2.20. The van der Waals surface area contributed by atoms with Gasteiger partial charge in [-0.3, -0.25) is 0 Å². The van der Waals surface area contributed by atoms with E-state index in [4.69, 9.17) is 5.11 Å². The van der Waals surface area contributed by atoms with Gasteiger partial charge in [0.25, 0.3) is 0 Å². The predicted octanol–water partition coefficient (Wildman–Crippen LogP) is 2.96. The Balaban J connectivity index is 1.49. The average molecular weight is 354 g/mol. The third-order valence-electron chi connectivity index (χ3n) is 4.71. The highest BCUT2D eigenvalue weighted by molar-refractivity contribution is 9.10. The molecule has 1 saturated heterocycles. The van der Waals surface area contributed by atoms with Crippen molar-refractivity contribution < 1.29 is 9.90 Å². The molecule has 1 aliphatic heterocycles. The molecule has 3 rings (SSSR count). The lowest BCUT2D eigenvalue weighted by atomic mass is 10.0. The monoisotopic (exact) mass is 353 g/mol. The number of anilines is 1. The van der Waals surface area contributed by atoms with E-state index in [0.717, 1.165) is 41.6 Å². The Hall–Kier alpha value is -1.30. The molecule has 0 bridgehead atoms. The highest BCUT2D eigenvalue weighted by atomic mass is 79.9. The number of pyridine rings is 1. The van der Waals surface area contributed by atoms with Gasteiger partial charge in [-0.1, -0.05) is 0 Å². The fourth-order valence-electron chi connectivity index (χ4n) is 3.79. The van der Waals surface area contributed by atoms with Gasteiger partial charge in [0, 0.05) is 30.3 Å². The number of carboxylic acid groups (broad SMARTS) is 1. The van der Waals surface area contributed by atoms with Crippen LogP contribution in [0.3, 0.4) is 0 Å². The fourth-order valence-corrected chi connectivity index (χ4v) is 4.02. The van der Waals surface area contributed by atoms with E-state index in [2.05, 4.69) is 37.2 Å². The first kappa shape index (κ1) is 14.6. The molecule has 0 spiro atoms. The first-order chi connectivity index (χ1) is 10.1. The molecule has 0 aromatic carbocycles. The van der Waals surface area contributed by atoms with Crippen molar-refractivity contribution >= 4 is 27.8 Å². The smallest absolute Gasteiger partial charge is 0.404 e. The minimum absolute atomic E-state index is 0.581. The van der Waals surface area contributed by atoms with Crippen molar-refractivity contribution in [1.29, 1.82) is 0 Å². The summed E-state index contributed by atoms with van der Waals surface area (Å²) in [6.45, 7) is 2.75. The molecule has 2 fully saturated rings. The van der Waals surface area contributed by atoms with Crippen LogP contribution >= 0.6 is 15.9 Å². The number of nitrogens with zero attached hydrogens (tertiary/aromatic N) is 2. The first-order valence-corrected chi connectivity index (χ1v) is 8.24. The van der Waals surface area contributed by atoms with Crippen LogP contribution < -0.4 is 10.2 Å². The van der Waals surface area contributed by atoms with Crippen molar-refractivity contribution in [2.24, 2.45) is 17.8 Å². The van der Waals surface area contributed by atoms with Gasteiger partial charge >= 0.3 is 6.09 Å². The molecule has 0 radical (unpaired) electrons. The minimum atomic E-state index is -0.916. The van der Waals surface area contributed by atoms with Crippen LogP contribution in [0.25, 0.3) is 0 Å². The van der Waals surface area contributed by atoms with Crippen molar-refractivity contribution in [3.63, 3.8) is 0 Å². The van der Waals surface area contributed by atoms with Crippen LogP contribution in [0.5, 0.6) is 0 Å². The van der Waals surface area contributed by atoms with Crippen molar-refractivity contribution in [2.75, 3.05) is 24.5 Å². The Morgan fingerprint density at radius 2 is 2.10 bits per heavy atom. The Morgan fingerprint density at radius 1 is 1.38 bits per heavy atom. The summed E-state index contributed by atoms with van der Waals surface area (Å²) in [5.41, 5.74) is 0. The van der Waals surface area contributed by atoms with Crippen LogP contribution in [-0.2, 0) is 0 Å². The van der Waals surface area contributed by atoms with Crippen molar-refractivity contribution in [3.05, 3.63) is 22.8 Å². The summed E-state index contributed by atoms with van der Waals surface area (Å²) in [6, 6.07) is 4.11. The zero-order valence-electron chi connectivity index (χ0n) is 11.8. The van der Waals surface area contributed by atoms with E-state index >= 15 is 0 Å². The second-order valence-corrected chi connectivity index (χ2v) is 7.03. The molecule has 1 aliphatic carbocycles. The van der Waals surface area contributed by atoms with Gasteiger partial charge in [-0.2, -0.15) is 0 Å². The van der Waals surface area contributed by atoms with Crippen LogP contribution in [0.15, 0.2) is 22.8 Å². The first-order valence-electron chi connectivity index (χ1n) is 7.45. The van der Waals surface area contributed by atoms with E-state index in [-0.39, 0.29) is 0 Å². The second kappa shape index (κ2) is 6.22. The fraction of sp³-hybridized carbons (Fsp3) is 0.600. The van der Waals surface area contributed by atoms with Gasteiger partial charge in [0.05, 0.1) is 0 Å². The van der Waals surface area contributed by atoms with Gasteiger partial charge in [-0.05, 0) is 65.1 Å². The summed E-state index contributed by atoms with van der Waals surface area (Å²) in [7, 11) is 0. The standard InChI is InChI=1S/C15H20BrN3O2/c16-13-1-2-14(18-7-13)19-8-11-5-10(6-12(11)9-19)3-4-17-15(20)21/h1-2,7,10-12,17H,3-6,8-9H2,(H,20,21)/t10?,11-,12+. The number of aromatic nitrogens is 1. The zero-order valence-corrected chi connectivity index (χ0v) is 13.4. The van der Waals surface area contributed by atoms with E-state index in [1.165, 1.54) is 12.8 Å². The number of rotatable bonds is 4. The number of halogens is 1. The van der Waals surface area contributed by atoms with Crippen LogP contribution in [-0.4, -0.2) is 35.8 Å². The third kappa shape index (κ3) is 3.48. The number of amides is 1. The van der Waals surface area contributed by atoms with E-state index < -0.39 is 6.09 Å². The molecule has 6 heteroatoms. The van der Waals surface area contributed by atoms with Gasteiger partial charge in [-0.15, -0.1) is 0 Å². The predicted molar refractivity (Wildman–Crippen MR) is 84.5 cm³/mol. The molecular formula is C15H20BrN3O2. The highest BCUT2D eigenvalue weighted by Crippen LogP contribution is 2.43. The van der Waals surface area contributed by atoms with E-state index in [1.54, 1.807) is 0 Å². The number of carbonyl (C=O) groups is 1. The van der Waals surface area contributed by atoms with Gasteiger partial charge in [-0.25, -0.2) is 9.78 Å². The second-order valence-electron chi connectivity index (χ2n) is 6.12. The van der Waals surface area contributed by atoms with Crippen molar-refractivity contribution in [1.82, 2.24) is 10.3 Å². The Bertz CT molecular complexity index is 494. The molecule has 1 saturated carbocycles. The molecule has 1 amide bonds. The minimum Gasteiger partial charge on any atom is -0.465 e. The Kier molecular flexibility index (Phi) is 4.33. The molecular weight excluding hydrogens is 334 g/mol. The summed E-state index contributed by atoms with van der Waals surface area (Å²) in [5.74, 6) is 3.22. The maximum atomic E-state index is 10.5. The lowest BCUT2D eigenvalue weighted by molar-refractivity contribution is 0.193. The largest absolute Gasteiger partial charge is 0.465 e. The topological polar surface area (TPSA) is 65.5 Å². The molecule has 114 valence electrons. The van der Waals surface area contributed by atoms with Crippen LogP contribution in [0.2, 0.25) is 0 Å². The summed E-state index contributed by atoms with van der Waals surface area (Å²) < 4.78 is 1.01. The SMILES string of the molecule is O=C(O)NCCC1C[C@@H]2CN(c3ccc(Br)cn3)C[C@@H]2C1. The van der Waals surface area contributed by atoms with Crippen LogP contribution in [0.1, 0.15) is 19.3 Å². The number of hydrogen-bond donors (Lipinski definition) is 2. The number of nitrogens with one attached hydrogen (secondary N) is 1. The molecule has 21 heavy (non-hydrogen) atoms. The Morgan fingerprint density at radius 3 is 2.67 bits per heavy atom. The van der Waals surface area contributed by atoms with E-state index in [1.807, 2.05) is 12.3 Å². The van der Waals surface area contributed by atoms with Crippen molar-refractivity contribution in [3.8, 4) is 0 Å². The molecule has 3 atom stereocenters. The molecule has 5 nitrogen and oxygen atoms in total. The van der Waals surface area contributed by atoms with Crippen LogP contribution in [0.4, 0.5) is 10.6 Å². The summed E-state index contributed by atoms with van der Waals surface area (Å²) in [4.78, 5) is 17.3. The molecule has 1 aromatic rings. The third-order valence-corrected chi connectivity index (χ3v) is 5.18. The summed E-state index contributed by atoms with van der Waals surface area (Å²) in [6.07, 6.45) is 4.35. The number of fused-ring (bicyclic) bond motifs is 1. The average Bonchev–Trinajstić information content (AvgIpc) is 2.97. The molecule has 2 aliphatic rings. The quantitative estimate of drug-likeness (QED) is 0.873. The molecule has 1 aromatic heterocycles. The maximum absolute atomic E-state index is 10.5. The van der Waals surface area contributed by atoms with E-state index in [0.29, 0.717) is 12.5 Å². The highest BCUT2D eigenvalue weighted by Gasteiger charge is 2.40. The molecule has 1 unspecified atom stereocenters. The van der Waals surface area contributed by atoms with Gasteiger partial charge in [0.1, 0.15) is 5.82 Å². The zero-order chi connectivity index (χ0) is 14.8. The van der Waals surface area contributed by atoms with Gasteiger partial charge in [0.15, 0.2) is 0 Å². The van der Waals surface area contributed by atoms with Gasteiger partial charge < -0.3 is 15.3 Å². The van der Waals surface area contributed by atoms with Crippen molar-refractivity contribution in [2.45, 2.75) is 19.3 Å². The Labute approximate surface area is 132 Å². The molecule has 2 N–H and O–H groups in total. The maximum Gasteiger partial charge on any atom is 0.404 e. The van der Waals surface area contributed by atoms with Crippen LogP contribution in [0, 0.1) is 17.8 Å². The summed E-state index contributed by atoms with van der Waals surface area (Å²) >= 11 is 3.42. The molecule has 2 heterocycles. The summed E-state index contributed by atoms with van der Waals surface area (Å²) in [5, 5.41) is 11.1. The lowest BCUT2D eigenvalue weighted by Crippen LogP contribution is -2.25. The normalized spacial score (nSPS) is 27.7. The van der Waals surface area contributed by atoms with E-state index in [9.17, 15) is 4.79 Å².